The van der Waals surface area contributed by atoms with Gasteiger partial charge in [0.05, 0.1) is 5.41 Å². The van der Waals surface area contributed by atoms with Gasteiger partial charge < -0.3 is 9.68 Å². The summed E-state index contributed by atoms with van der Waals surface area (Å²) in [5.74, 6) is 0.603. The van der Waals surface area contributed by atoms with E-state index in [9.17, 15) is 5.02 Å². The Bertz CT molecular complexity index is 1290. The molecule has 1 radical (unpaired) electrons. The second kappa shape index (κ2) is 5.99. The first kappa shape index (κ1) is 16.9. The largest absolute Gasteiger partial charge is 0.569 e. The van der Waals surface area contributed by atoms with Crippen molar-refractivity contribution in [3.05, 3.63) is 112 Å². The van der Waals surface area contributed by atoms with Crippen molar-refractivity contribution < 1.29 is 9.68 Å². The first-order chi connectivity index (χ1) is 14.2. The predicted octanol–water partition coefficient (Wildman–Crippen LogP) is 5.59. The summed E-state index contributed by atoms with van der Waals surface area (Å²) in [4.78, 5) is 0. The van der Waals surface area contributed by atoms with Gasteiger partial charge in [-0.3, -0.25) is 0 Å². The Labute approximate surface area is 174 Å². The van der Waals surface area contributed by atoms with E-state index in [-0.39, 0.29) is 0 Å². The van der Waals surface area contributed by atoms with Crippen LogP contribution in [0, 0.1) is 0 Å². The molecule has 137 valence electrons. The number of hydrogen-bond donors (Lipinski definition) is 1. The Morgan fingerprint density at radius 3 is 1.86 bits per heavy atom. The standard InChI is InChI=1S/C25H15BClO2/c27-15-9-11-19-17-5-1-3-7-21(17)25(23(19)13-15)22-8-4-2-6-18(22)20-12-10-16(29-26-28)14-24(20)25/h1-14,28H. The molecule has 0 aliphatic heterocycles. The second-order valence-electron chi connectivity index (χ2n) is 7.46. The Hall–Kier alpha value is -3.01. The minimum atomic E-state index is -0.461. The van der Waals surface area contributed by atoms with E-state index in [1.54, 1.807) is 0 Å². The fourth-order valence-electron chi connectivity index (χ4n) is 5.22. The predicted molar refractivity (Wildman–Crippen MR) is 116 cm³/mol. The van der Waals surface area contributed by atoms with Crippen molar-refractivity contribution in [1.29, 1.82) is 0 Å². The molecule has 0 saturated heterocycles. The molecule has 0 saturated carbocycles. The third-order valence-electron chi connectivity index (χ3n) is 6.21. The molecule has 4 heteroatoms. The van der Waals surface area contributed by atoms with Crippen LogP contribution in [0.1, 0.15) is 22.3 Å². The zero-order valence-electron chi connectivity index (χ0n) is 15.4. The number of halogens is 1. The molecule has 2 aliphatic carbocycles. The highest BCUT2D eigenvalue weighted by atomic mass is 35.5. The highest BCUT2D eigenvalue weighted by Crippen LogP contribution is 2.63. The van der Waals surface area contributed by atoms with Crippen molar-refractivity contribution in [2.45, 2.75) is 5.41 Å². The number of benzene rings is 4. The van der Waals surface area contributed by atoms with Crippen molar-refractivity contribution in [3.63, 3.8) is 0 Å². The number of hydrogen-bond acceptors (Lipinski definition) is 2. The molecule has 29 heavy (non-hydrogen) atoms. The van der Waals surface area contributed by atoms with E-state index in [0.29, 0.717) is 5.75 Å². The monoisotopic (exact) mass is 393 g/mol. The molecule has 2 nitrogen and oxygen atoms in total. The molecule has 1 atom stereocenters. The highest BCUT2D eigenvalue weighted by molar-refractivity contribution is 6.30. The molecule has 0 aromatic heterocycles. The Kier molecular flexibility index (Phi) is 3.49. The van der Waals surface area contributed by atoms with Crippen LogP contribution in [-0.4, -0.2) is 12.7 Å². The molecule has 2 aliphatic rings. The summed E-state index contributed by atoms with van der Waals surface area (Å²) < 4.78 is 5.34. The lowest BCUT2D eigenvalue weighted by Crippen LogP contribution is -2.26. The van der Waals surface area contributed by atoms with Crippen LogP contribution < -0.4 is 4.65 Å². The SMILES string of the molecule is O[B]Oc1ccc2c(c1)C1(c3ccccc3-c3ccc(Cl)cc31)c1ccccc1-2. The van der Waals surface area contributed by atoms with Crippen molar-refractivity contribution in [1.82, 2.24) is 0 Å². The minimum Gasteiger partial charge on any atom is -0.537 e. The van der Waals surface area contributed by atoms with Gasteiger partial charge in [0.15, 0.2) is 0 Å². The van der Waals surface area contributed by atoms with E-state index in [1.807, 2.05) is 18.2 Å². The maximum atomic E-state index is 9.19. The fourth-order valence-corrected chi connectivity index (χ4v) is 5.40. The van der Waals surface area contributed by atoms with Crippen LogP contribution in [-0.2, 0) is 5.41 Å². The van der Waals surface area contributed by atoms with Gasteiger partial charge in [-0.2, -0.15) is 0 Å². The van der Waals surface area contributed by atoms with E-state index in [1.165, 1.54) is 38.9 Å². The summed E-state index contributed by atoms with van der Waals surface area (Å²) in [6.07, 6.45) is 0. The maximum absolute atomic E-state index is 9.19. The van der Waals surface area contributed by atoms with Crippen LogP contribution in [0.2, 0.25) is 5.02 Å². The van der Waals surface area contributed by atoms with E-state index >= 15 is 0 Å². The molecular formula is C25H15BClO2. The maximum Gasteiger partial charge on any atom is 0.569 e. The van der Waals surface area contributed by atoms with Gasteiger partial charge in [-0.1, -0.05) is 72.3 Å². The fraction of sp³-hybridized carbons (Fsp3) is 0.0400. The van der Waals surface area contributed by atoms with Gasteiger partial charge in [-0.15, -0.1) is 0 Å². The van der Waals surface area contributed by atoms with Crippen molar-refractivity contribution in [2.24, 2.45) is 0 Å². The summed E-state index contributed by atoms with van der Waals surface area (Å²) in [5.41, 5.74) is 9.17. The van der Waals surface area contributed by atoms with E-state index < -0.39 is 5.41 Å². The van der Waals surface area contributed by atoms with Crippen LogP contribution in [0.3, 0.4) is 0 Å². The molecule has 4 aromatic carbocycles. The molecule has 1 spiro atoms. The van der Waals surface area contributed by atoms with E-state index in [0.717, 1.165) is 18.3 Å². The van der Waals surface area contributed by atoms with E-state index in [2.05, 4.69) is 66.7 Å². The van der Waals surface area contributed by atoms with Gasteiger partial charge in [0.1, 0.15) is 5.75 Å². The zero-order valence-corrected chi connectivity index (χ0v) is 16.1. The average Bonchev–Trinajstić information content (AvgIpc) is 3.20. The van der Waals surface area contributed by atoms with Crippen LogP contribution in [0.15, 0.2) is 84.9 Å². The van der Waals surface area contributed by atoms with Crippen LogP contribution in [0.25, 0.3) is 22.3 Å². The molecule has 0 amide bonds. The third-order valence-corrected chi connectivity index (χ3v) is 6.45. The molecule has 0 bridgehead atoms. The van der Waals surface area contributed by atoms with Gasteiger partial charge in [-0.25, -0.2) is 0 Å². The van der Waals surface area contributed by atoms with Gasteiger partial charge in [0.25, 0.3) is 0 Å². The first-order valence-corrected chi connectivity index (χ1v) is 9.90. The van der Waals surface area contributed by atoms with Crippen molar-refractivity contribution in [3.8, 4) is 28.0 Å². The van der Waals surface area contributed by atoms with Crippen LogP contribution >= 0.6 is 11.6 Å². The van der Waals surface area contributed by atoms with Crippen molar-refractivity contribution in [2.75, 3.05) is 0 Å². The second-order valence-corrected chi connectivity index (χ2v) is 7.90. The molecule has 1 N–H and O–H groups in total. The molecule has 0 heterocycles. The van der Waals surface area contributed by atoms with Gasteiger partial charge in [0.2, 0.25) is 0 Å². The average molecular weight is 394 g/mol. The zero-order chi connectivity index (χ0) is 19.6. The summed E-state index contributed by atoms with van der Waals surface area (Å²) >= 11 is 6.50. The summed E-state index contributed by atoms with van der Waals surface area (Å²) in [5, 5.41) is 9.91. The smallest absolute Gasteiger partial charge is 0.537 e. The topological polar surface area (TPSA) is 29.5 Å². The molecule has 1 unspecified atom stereocenters. The lowest BCUT2D eigenvalue weighted by molar-refractivity contribution is 0.453. The molecule has 6 rings (SSSR count). The quantitative estimate of drug-likeness (QED) is 0.389. The van der Waals surface area contributed by atoms with Crippen LogP contribution in [0.4, 0.5) is 0 Å². The molecule has 4 aromatic rings. The lowest BCUT2D eigenvalue weighted by atomic mass is 9.70. The van der Waals surface area contributed by atoms with Crippen molar-refractivity contribution >= 4 is 19.3 Å². The van der Waals surface area contributed by atoms with Gasteiger partial charge in [0, 0.05) is 5.02 Å². The Balaban J connectivity index is 1.81. The van der Waals surface area contributed by atoms with Gasteiger partial charge in [-0.05, 0) is 68.8 Å². The Morgan fingerprint density at radius 1 is 0.655 bits per heavy atom. The summed E-state index contributed by atoms with van der Waals surface area (Å²) in [6.45, 7) is 0. The van der Waals surface area contributed by atoms with E-state index in [4.69, 9.17) is 16.3 Å². The number of fused-ring (bicyclic) bond motifs is 10. The Morgan fingerprint density at radius 2 is 1.21 bits per heavy atom. The molecular weight excluding hydrogens is 379 g/mol. The minimum absolute atomic E-state index is 0.461. The number of rotatable bonds is 2. The third kappa shape index (κ3) is 2.07. The van der Waals surface area contributed by atoms with Gasteiger partial charge >= 0.3 is 7.69 Å². The first-order valence-electron chi connectivity index (χ1n) is 9.52. The summed E-state index contributed by atoms with van der Waals surface area (Å²) in [7, 11) is 0.726. The normalized spacial score (nSPS) is 17.4. The highest BCUT2D eigenvalue weighted by Gasteiger charge is 2.51. The molecule has 0 fully saturated rings. The van der Waals surface area contributed by atoms with Crippen LogP contribution in [0.5, 0.6) is 5.75 Å². The lowest BCUT2D eigenvalue weighted by Gasteiger charge is -2.30. The summed E-state index contributed by atoms with van der Waals surface area (Å²) in [6, 6.07) is 29.3.